The van der Waals surface area contributed by atoms with E-state index in [2.05, 4.69) is 37.9 Å². The van der Waals surface area contributed by atoms with E-state index < -0.39 is 0 Å². The Morgan fingerprint density at radius 3 is 2.52 bits per heavy atom. The van der Waals surface area contributed by atoms with Crippen molar-refractivity contribution in [2.75, 3.05) is 32.8 Å². The van der Waals surface area contributed by atoms with Crippen LogP contribution < -0.4 is 5.32 Å². The van der Waals surface area contributed by atoms with Gasteiger partial charge in [0.05, 0.1) is 0 Å². The molecule has 21 heavy (non-hydrogen) atoms. The minimum atomic E-state index is 0.331. The van der Waals surface area contributed by atoms with Crippen molar-refractivity contribution in [3.8, 4) is 0 Å². The predicted molar refractivity (Wildman–Crippen MR) is 91.6 cm³/mol. The molecule has 1 heterocycles. The van der Waals surface area contributed by atoms with E-state index in [4.69, 9.17) is 0 Å². The van der Waals surface area contributed by atoms with Gasteiger partial charge in [-0.15, -0.1) is 0 Å². The molecule has 1 aliphatic heterocycles. The fourth-order valence-electron chi connectivity index (χ4n) is 3.58. The lowest BCUT2D eigenvalue weighted by molar-refractivity contribution is 0.0598. The number of hydrogen-bond acceptors (Lipinski definition) is 3. The Balaban J connectivity index is 2.61. The van der Waals surface area contributed by atoms with Crippen molar-refractivity contribution in [1.29, 1.82) is 0 Å². The van der Waals surface area contributed by atoms with Crippen molar-refractivity contribution in [3.05, 3.63) is 0 Å². The fraction of sp³-hybridized carbons (Fsp3) is 1.00. The Morgan fingerprint density at radius 1 is 1.24 bits per heavy atom. The van der Waals surface area contributed by atoms with Gasteiger partial charge in [-0.1, -0.05) is 34.1 Å². The molecular weight excluding hydrogens is 260 g/mol. The lowest BCUT2D eigenvalue weighted by Crippen LogP contribution is -2.49. The summed E-state index contributed by atoms with van der Waals surface area (Å²) >= 11 is 0. The van der Waals surface area contributed by atoms with Crippen LogP contribution in [0.15, 0.2) is 0 Å². The molecule has 1 fully saturated rings. The Kier molecular flexibility index (Phi) is 8.84. The maximum Gasteiger partial charge on any atom is 0.0445 e. The first-order valence-electron chi connectivity index (χ1n) is 9.12. The van der Waals surface area contributed by atoms with Gasteiger partial charge in [0, 0.05) is 25.7 Å². The highest BCUT2D eigenvalue weighted by Gasteiger charge is 2.32. The van der Waals surface area contributed by atoms with Crippen molar-refractivity contribution in [1.82, 2.24) is 10.2 Å². The Bertz CT molecular complexity index is 262. The molecule has 0 bridgehead atoms. The van der Waals surface area contributed by atoms with Gasteiger partial charge in [0.1, 0.15) is 0 Å². The molecule has 0 saturated carbocycles. The highest BCUT2D eigenvalue weighted by atomic mass is 16.3. The molecule has 3 nitrogen and oxygen atoms in total. The molecule has 2 N–H and O–H groups in total. The summed E-state index contributed by atoms with van der Waals surface area (Å²) in [6.45, 7) is 14.2. The van der Waals surface area contributed by atoms with Gasteiger partial charge in [-0.3, -0.25) is 4.90 Å². The van der Waals surface area contributed by atoms with Crippen LogP contribution in [0.2, 0.25) is 0 Å². The van der Waals surface area contributed by atoms with Crippen molar-refractivity contribution in [2.45, 2.75) is 72.3 Å². The largest absolute Gasteiger partial charge is 0.396 e. The van der Waals surface area contributed by atoms with Crippen LogP contribution in [-0.4, -0.2) is 48.8 Å². The van der Waals surface area contributed by atoms with E-state index in [0.29, 0.717) is 24.0 Å². The summed E-state index contributed by atoms with van der Waals surface area (Å²) in [7, 11) is 0. The first-order chi connectivity index (χ1) is 10.1. The Labute approximate surface area is 132 Å². The van der Waals surface area contributed by atoms with Gasteiger partial charge in [-0.25, -0.2) is 0 Å². The normalized spacial score (nSPS) is 21.1. The van der Waals surface area contributed by atoms with Gasteiger partial charge in [-0.05, 0) is 56.5 Å². The first kappa shape index (κ1) is 18.9. The van der Waals surface area contributed by atoms with Gasteiger partial charge in [0.15, 0.2) is 0 Å². The van der Waals surface area contributed by atoms with E-state index in [0.717, 1.165) is 19.5 Å². The number of piperidine rings is 1. The van der Waals surface area contributed by atoms with Crippen molar-refractivity contribution in [3.63, 3.8) is 0 Å². The van der Waals surface area contributed by atoms with Crippen LogP contribution in [0.1, 0.15) is 66.2 Å². The molecule has 0 aromatic heterocycles. The summed E-state index contributed by atoms with van der Waals surface area (Å²) < 4.78 is 0. The van der Waals surface area contributed by atoms with Gasteiger partial charge in [0.2, 0.25) is 0 Å². The zero-order chi connectivity index (χ0) is 15.7. The minimum Gasteiger partial charge on any atom is -0.396 e. The SMILES string of the molecule is CCC(CC)(CNCC(C)C)CN1CCCCC1CCO. The smallest absolute Gasteiger partial charge is 0.0445 e. The third-order valence-electron chi connectivity index (χ3n) is 5.30. The lowest BCUT2D eigenvalue weighted by atomic mass is 9.80. The molecule has 0 aromatic rings. The topological polar surface area (TPSA) is 35.5 Å². The van der Waals surface area contributed by atoms with Crippen LogP contribution in [0.3, 0.4) is 0 Å². The van der Waals surface area contributed by atoms with Gasteiger partial charge in [-0.2, -0.15) is 0 Å². The molecule has 0 spiro atoms. The van der Waals surface area contributed by atoms with Crippen LogP contribution in [0.5, 0.6) is 0 Å². The van der Waals surface area contributed by atoms with E-state index in [9.17, 15) is 5.11 Å². The molecule has 1 atom stereocenters. The summed E-state index contributed by atoms with van der Waals surface area (Å²) in [5, 5.41) is 13.0. The highest BCUT2D eigenvalue weighted by molar-refractivity contribution is 4.87. The molecule has 0 aliphatic carbocycles. The number of rotatable bonds is 10. The molecule has 0 amide bonds. The average Bonchev–Trinajstić information content (AvgIpc) is 2.48. The summed E-state index contributed by atoms with van der Waals surface area (Å²) in [5.74, 6) is 0.716. The summed E-state index contributed by atoms with van der Waals surface area (Å²) in [6.07, 6.45) is 7.34. The molecular formula is C18H38N2O. The van der Waals surface area contributed by atoms with Gasteiger partial charge >= 0.3 is 0 Å². The molecule has 1 unspecified atom stereocenters. The molecule has 1 aliphatic rings. The highest BCUT2D eigenvalue weighted by Crippen LogP contribution is 2.30. The second-order valence-corrected chi connectivity index (χ2v) is 7.36. The third kappa shape index (κ3) is 6.25. The summed E-state index contributed by atoms with van der Waals surface area (Å²) in [4.78, 5) is 2.67. The number of hydrogen-bond donors (Lipinski definition) is 2. The molecule has 1 saturated heterocycles. The number of likely N-dealkylation sites (tertiary alicyclic amines) is 1. The second kappa shape index (κ2) is 9.81. The maximum absolute atomic E-state index is 9.31. The van der Waals surface area contributed by atoms with Crippen molar-refractivity contribution >= 4 is 0 Å². The van der Waals surface area contributed by atoms with Crippen LogP contribution in [0.4, 0.5) is 0 Å². The zero-order valence-corrected chi connectivity index (χ0v) is 14.8. The standard InChI is InChI=1S/C18H38N2O/c1-5-18(6-2,14-19-13-16(3)4)15-20-11-8-7-9-17(20)10-12-21/h16-17,19,21H,5-15H2,1-4H3. The van der Waals surface area contributed by atoms with E-state index in [1.54, 1.807) is 0 Å². The maximum atomic E-state index is 9.31. The number of nitrogens with zero attached hydrogens (tertiary/aromatic N) is 1. The van der Waals surface area contributed by atoms with Crippen molar-refractivity contribution < 1.29 is 5.11 Å². The van der Waals surface area contributed by atoms with Crippen LogP contribution in [0.25, 0.3) is 0 Å². The van der Waals surface area contributed by atoms with Crippen molar-refractivity contribution in [2.24, 2.45) is 11.3 Å². The molecule has 3 heteroatoms. The monoisotopic (exact) mass is 298 g/mol. The fourth-order valence-corrected chi connectivity index (χ4v) is 3.58. The average molecular weight is 299 g/mol. The second-order valence-electron chi connectivity index (χ2n) is 7.36. The quantitative estimate of drug-likeness (QED) is 0.650. The molecule has 126 valence electrons. The Morgan fingerprint density at radius 2 is 1.95 bits per heavy atom. The minimum absolute atomic E-state index is 0.331. The van der Waals surface area contributed by atoms with E-state index in [1.165, 1.54) is 45.2 Å². The van der Waals surface area contributed by atoms with Crippen LogP contribution in [0, 0.1) is 11.3 Å². The number of aliphatic hydroxyl groups is 1. The summed E-state index contributed by atoms with van der Waals surface area (Å²) in [6, 6.07) is 0.603. The third-order valence-corrected chi connectivity index (χ3v) is 5.30. The van der Waals surface area contributed by atoms with E-state index in [-0.39, 0.29) is 0 Å². The van der Waals surface area contributed by atoms with Gasteiger partial charge in [0.25, 0.3) is 0 Å². The number of nitrogens with one attached hydrogen (secondary N) is 1. The van der Waals surface area contributed by atoms with E-state index >= 15 is 0 Å². The molecule has 0 aromatic carbocycles. The van der Waals surface area contributed by atoms with Crippen LogP contribution in [-0.2, 0) is 0 Å². The Hall–Kier alpha value is -0.120. The molecule has 1 rings (SSSR count). The van der Waals surface area contributed by atoms with Crippen LogP contribution >= 0.6 is 0 Å². The zero-order valence-electron chi connectivity index (χ0n) is 14.8. The lowest BCUT2D eigenvalue weighted by Gasteiger charge is -2.43. The van der Waals surface area contributed by atoms with E-state index in [1.807, 2.05) is 0 Å². The van der Waals surface area contributed by atoms with Gasteiger partial charge < -0.3 is 10.4 Å². The predicted octanol–water partition coefficient (Wildman–Crippen LogP) is 3.28. The first-order valence-corrected chi connectivity index (χ1v) is 9.12. The number of aliphatic hydroxyl groups excluding tert-OH is 1. The molecule has 0 radical (unpaired) electrons. The summed E-state index contributed by atoms with van der Waals surface area (Å²) in [5.41, 5.74) is 0.389.